The van der Waals surface area contributed by atoms with Crippen LogP contribution in [0.5, 0.6) is 0 Å². The minimum atomic E-state index is 0.547. The molecule has 0 aliphatic carbocycles. The molecule has 2 atom stereocenters. The number of hydrogen-bond donors (Lipinski definition) is 0. The molecule has 2 nitrogen and oxygen atoms in total. The summed E-state index contributed by atoms with van der Waals surface area (Å²) in [6.07, 6.45) is 20.2. The molecular weight excluding hydrogens is 294 g/mol. The van der Waals surface area contributed by atoms with Gasteiger partial charge < -0.3 is 0 Å². The Labute approximate surface area is 153 Å². The summed E-state index contributed by atoms with van der Waals surface area (Å²) in [4.78, 5) is 5.96. The van der Waals surface area contributed by atoms with E-state index in [1.54, 1.807) is 0 Å². The highest BCUT2D eigenvalue weighted by Gasteiger charge is 2.29. The molecule has 0 heterocycles. The van der Waals surface area contributed by atoms with Gasteiger partial charge in [0.25, 0.3) is 0 Å². The first-order chi connectivity index (χ1) is 11.6. The molecule has 144 valence electrons. The molecule has 0 aliphatic heterocycles. The van der Waals surface area contributed by atoms with E-state index in [2.05, 4.69) is 34.4 Å². The molecule has 0 aromatic carbocycles. The summed E-state index contributed by atoms with van der Waals surface area (Å²) in [6, 6.07) is 0.547. The molecular formula is C22H46NO+. The van der Waals surface area contributed by atoms with E-state index in [1.165, 1.54) is 83.5 Å². The SMILES string of the molecule is C=CC[N+](C)(OCC)C(C)CCCCCCCCCCCCCC. The van der Waals surface area contributed by atoms with Crippen molar-refractivity contribution in [2.45, 2.75) is 110 Å². The summed E-state index contributed by atoms with van der Waals surface area (Å²) < 4.78 is 0.679. The Kier molecular flexibility index (Phi) is 15.9. The van der Waals surface area contributed by atoms with Crippen LogP contribution in [0.2, 0.25) is 0 Å². The number of nitrogens with zero attached hydrogens (tertiary/aromatic N) is 1. The molecule has 0 saturated carbocycles. The second-order valence-corrected chi connectivity index (χ2v) is 7.59. The third-order valence-electron chi connectivity index (χ3n) is 5.32. The third-order valence-corrected chi connectivity index (χ3v) is 5.32. The zero-order valence-corrected chi connectivity index (χ0v) is 17.3. The topological polar surface area (TPSA) is 9.23 Å². The van der Waals surface area contributed by atoms with E-state index in [0.29, 0.717) is 10.7 Å². The summed E-state index contributed by atoms with van der Waals surface area (Å²) in [5.41, 5.74) is 0. The van der Waals surface area contributed by atoms with Crippen molar-refractivity contribution in [3.8, 4) is 0 Å². The van der Waals surface area contributed by atoms with Crippen LogP contribution in [-0.2, 0) is 4.84 Å². The Hall–Kier alpha value is -0.340. The molecule has 0 spiro atoms. The van der Waals surface area contributed by atoms with Gasteiger partial charge >= 0.3 is 0 Å². The van der Waals surface area contributed by atoms with Crippen molar-refractivity contribution >= 4 is 0 Å². The number of hydroxylamine groups is 3. The second kappa shape index (κ2) is 16.1. The van der Waals surface area contributed by atoms with Gasteiger partial charge in [-0.25, -0.2) is 4.84 Å². The normalized spacial score (nSPS) is 15.2. The van der Waals surface area contributed by atoms with Crippen LogP contribution in [-0.4, -0.2) is 30.9 Å². The van der Waals surface area contributed by atoms with Crippen LogP contribution in [0.3, 0.4) is 0 Å². The van der Waals surface area contributed by atoms with Gasteiger partial charge in [0.1, 0.15) is 19.2 Å². The van der Waals surface area contributed by atoms with Crippen molar-refractivity contribution in [2.24, 2.45) is 0 Å². The van der Waals surface area contributed by atoms with Crippen LogP contribution in [0, 0.1) is 0 Å². The number of unbranched alkanes of at least 4 members (excludes halogenated alkanes) is 11. The van der Waals surface area contributed by atoms with Crippen LogP contribution in [0.1, 0.15) is 104 Å². The quantitative estimate of drug-likeness (QED) is 0.112. The highest BCUT2D eigenvalue weighted by Crippen LogP contribution is 2.19. The van der Waals surface area contributed by atoms with E-state index < -0.39 is 0 Å². The van der Waals surface area contributed by atoms with Crippen molar-refractivity contribution in [1.82, 2.24) is 0 Å². The van der Waals surface area contributed by atoms with Gasteiger partial charge in [-0.15, -0.1) is 0 Å². The standard InChI is InChI=1S/C22H46NO/c1-6-9-10-11-12-13-14-15-16-17-18-19-20-22(4)23(5,21-7-2)24-8-3/h7,22H,2,6,8-21H2,1,3-5H3/q+1. The zero-order chi connectivity index (χ0) is 18.1. The molecule has 24 heavy (non-hydrogen) atoms. The van der Waals surface area contributed by atoms with Gasteiger partial charge in [-0.3, -0.25) is 0 Å². The average molecular weight is 341 g/mol. The lowest BCUT2D eigenvalue weighted by molar-refractivity contribution is -1.10. The van der Waals surface area contributed by atoms with E-state index in [-0.39, 0.29) is 0 Å². The molecule has 2 heteroatoms. The maximum Gasteiger partial charge on any atom is 0.127 e. The largest absolute Gasteiger partial charge is 0.203 e. The predicted octanol–water partition coefficient (Wildman–Crippen LogP) is 7.05. The van der Waals surface area contributed by atoms with E-state index in [1.807, 2.05) is 6.08 Å². The number of hydrogen-bond acceptors (Lipinski definition) is 1. The fourth-order valence-electron chi connectivity index (χ4n) is 3.46. The Morgan fingerprint density at radius 2 is 1.29 bits per heavy atom. The molecule has 0 aromatic rings. The lowest BCUT2D eigenvalue weighted by atomic mass is 10.0. The number of rotatable bonds is 18. The third kappa shape index (κ3) is 12.1. The molecule has 0 aliphatic rings. The molecule has 0 fully saturated rings. The van der Waals surface area contributed by atoms with Gasteiger partial charge in [0.05, 0.1) is 7.05 Å². The molecule has 0 aromatic heterocycles. The lowest BCUT2D eigenvalue weighted by Crippen LogP contribution is -2.50. The number of quaternary nitrogens is 1. The van der Waals surface area contributed by atoms with Crippen molar-refractivity contribution in [1.29, 1.82) is 0 Å². The molecule has 0 saturated heterocycles. The van der Waals surface area contributed by atoms with Crippen LogP contribution in [0.25, 0.3) is 0 Å². The Bertz CT molecular complexity index is 279. The van der Waals surface area contributed by atoms with Crippen molar-refractivity contribution in [3.05, 3.63) is 12.7 Å². The van der Waals surface area contributed by atoms with Gasteiger partial charge in [-0.1, -0.05) is 84.1 Å². The van der Waals surface area contributed by atoms with Gasteiger partial charge in [0, 0.05) is 6.42 Å². The lowest BCUT2D eigenvalue weighted by Gasteiger charge is -2.36. The van der Waals surface area contributed by atoms with E-state index in [9.17, 15) is 0 Å². The van der Waals surface area contributed by atoms with Crippen LogP contribution in [0.15, 0.2) is 12.7 Å². The Morgan fingerprint density at radius 1 is 0.833 bits per heavy atom. The van der Waals surface area contributed by atoms with Gasteiger partial charge in [-0.05, 0) is 26.3 Å². The predicted molar refractivity (Wildman–Crippen MR) is 108 cm³/mol. The highest BCUT2D eigenvalue weighted by atomic mass is 16.7. The summed E-state index contributed by atoms with van der Waals surface area (Å²) in [6.45, 7) is 12.2. The van der Waals surface area contributed by atoms with E-state index in [4.69, 9.17) is 4.84 Å². The summed E-state index contributed by atoms with van der Waals surface area (Å²) in [7, 11) is 2.19. The summed E-state index contributed by atoms with van der Waals surface area (Å²) in [5.74, 6) is 0. The Balaban J connectivity index is 3.53. The minimum Gasteiger partial charge on any atom is -0.203 e. The maximum absolute atomic E-state index is 5.96. The smallest absolute Gasteiger partial charge is 0.127 e. The molecule has 0 N–H and O–H groups in total. The molecule has 0 amide bonds. The van der Waals surface area contributed by atoms with Crippen LogP contribution in [0.4, 0.5) is 0 Å². The summed E-state index contributed by atoms with van der Waals surface area (Å²) in [5, 5.41) is 0. The van der Waals surface area contributed by atoms with Crippen LogP contribution >= 0.6 is 0 Å². The minimum absolute atomic E-state index is 0.547. The zero-order valence-electron chi connectivity index (χ0n) is 17.3. The van der Waals surface area contributed by atoms with Crippen molar-refractivity contribution in [3.63, 3.8) is 0 Å². The monoisotopic (exact) mass is 340 g/mol. The first-order valence-corrected chi connectivity index (χ1v) is 10.7. The Morgan fingerprint density at radius 3 is 1.71 bits per heavy atom. The van der Waals surface area contributed by atoms with Gasteiger partial charge in [-0.2, -0.15) is 4.65 Å². The summed E-state index contributed by atoms with van der Waals surface area (Å²) >= 11 is 0. The molecule has 0 rings (SSSR count). The molecule has 2 unspecified atom stereocenters. The van der Waals surface area contributed by atoms with Crippen molar-refractivity contribution < 1.29 is 9.48 Å². The average Bonchev–Trinajstić information content (AvgIpc) is 2.56. The first-order valence-electron chi connectivity index (χ1n) is 10.7. The van der Waals surface area contributed by atoms with Gasteiger partial charge in [0.2, 0.25) is 0 Å². The fraction of sp³-hybridized carbons (Fsp3) is 0.909. The van der Waals surface area contributed by atoms with E-state index >= 15 is 0 Å². The second-order valence-electron chi connectivity index (χ2n) is 7.59. The highest BCUT2D eigenvalue weighted by molar-refractivity contribution is 4.65. The maximum atomic E-state index is 5.96. The van der Waals surface area contributed by atoms with E-state index in [0.717, 1.165) is 13.2 Å². The molecule has 0 bridgehead atoms. The van der Waals surface area contributed by atoms with Crippen LogP contribution < -0.4 is 0 Å². The van der Waals surface area contributed by atoms with Gasteiger partial charge in [0.15, 0.2) is 0 Å². The molecule has 0 radical (unpaired) electrons. The first kappa shape index (κ1) is 23.7. The number of likely N-dealkylation sites (N-methyl/N-ethyl adjacent to an activating group) is 1. The van der Waals surface area contributed by atoms with Crippen molar-refractivity contribution in [2.75, 3.05) is 20.2 Å². The fourth-order valence-corrected chi connectivity index (χ4v) is 3.46.